The summed E-state index contributed by atoms with van der Waals surface area (Å²) in [6.45, 7) is -0.698. The molecule has 3 N–H and O–H groups in total. The third-order valence-corrected chi connectivity index (χ3v) is 3.56. The van der Waals surface area contributed by atoms with Crippen LogP contribution in [-0.2, 0) is 27.6 Å². The molecule has 0 saturated carbocycles. The summed E-state index contributed by atoms with van der Waals surface area (Å²) in [6.07, 6.45) is -0.867. The first-order chi connectivity index (χ1) is 13.5. The number of aliphatic hydroxyl groups is 1. The van der Waals surface area contributed by atoms with Crippen molar-refractivity contribution < 1.29 is 29.2 Å². The molecule has 1 atom stereocenters. The maximum Gasteiger partial charge on any atom is 0.408 e. The summed E-state index contributed by atoms with van der Waals surface area (Å²) in [4.78, 5) is 38.8. The van der Waals surface area contributed by atoms with Crippen LogP contribution in [0.4, 0.5) is 10.5 Å². The van der Waals surface area contributed by atoms with E-state index in [1.165, 1.54) is 24.3 Å². The molecule has 0 radical (unpaired) electrons. The highest BCUT2D eigenvalue weighted by molar-refractivity contribution is 5.84. The molecule has 0 aliphatic rings. The van der Waals surface area contributed by atoms with Gasteiger partial charge in [0.05, 0.1) is 18.1 Å². The Bertz CT molecular complexity index is 797. The van der Waals surface area contributed by atoms with Gasteiger partial charge in [-0.25, -0.2) is 10.3 Å². The summed E-state index contributed by atoms with van der Waals surface area (Å²) in [5.41, 5.74) is 3.39. The lowest BCUT2D eigenvalue weighted by Crippen LogP contribution is -2.48. The van der Waals surface area contributed by atoms with Gasteiger partial charge < -0.3 is 15.2 Å². The van der Waals surface area contributed by atoms with E-state index in [-0.39, 0.29) is 18.9 Å². The van der Waals surface area contributed by atoms with Crippen LogP contribution in [0.15, 0.2) is 54.6 Å². The molecule has 0 unspecified atom stereocenters. The zero-order valence-corrected chi connectivity index (χ0v) is 14.7. The van der Waals surface area contributed by atoms with E-state index in [4.69, 9.17) is 9.57 Å². The third-order valence-electron chi connectivity index (χ3n) is 3.56. The molecule has 10 heteroatoms. The molecular weight excluding hydrogens is 370 g/mol. The lowest BCUT2D eigenvalue weighted by Gasteiger charge is -2.16. The molecular formula is C18H19N3O7. The molecule has 2 rings (SSSR count). The molecule has 0 heterocycles. The van der Waals surface area contributed by atoms with Crippen LogP contribution in [0.1, 0.15) is 11.1 Å². The van der Waals surface area contributed by atoms with E-state index >= 15 is 0 Å². The number of non-ortho nitro benzene ring substituents is 1. The molecule has 0 bridgehead atoms. The molecule has 28 heavy (non-hydrogen) atoms. The number of nitrogens with zero attached hydrogens (tertiary/aromatic N) is 1. The molecule has 2 aromatic rings. The zero-order chi connectivity index (χ0) is 20.4. The number of amides is 2. The average molecular weight is 389 g/mol. The van der Waals surface area contributed by atoms with Gasteiger partial charge in [0.25, 0.3) is 11.6 Å². The van der Waals surface area contributed by atoms with Gasteiger partial charge in [0, 0.05) is 12.1 Å². The Morgan fingerprint density at radius 3 is 2.29 bits per heavy atom. The first-order valence-electron chi connectivity index (χ1n) is 8.22. The van der Waals surface area contributed by atoms with Crippen LogP contribution in [0.2, 0.25) is 0 Å². The Morgan fingerprint density at radius 2 is 1.68 bits per heavy atom. The number of nitro groups is 1. The van der Waals surface area contributed by atoms with Crippen LogP contribution in [0, 0.1) is 10.1 Å². The van der Waals surface area contributed by atoms with Gasteiger partial charge in [-0.1, -0.05) is 30.3 Å². The number of hydroxylamine groups is 1. The molecule has 0 saturated heterocycles. The maximum absolute atomic E-state index is 12.0. The molecule has 2 amide bonds. The number of benzene rings is 2. The van der Waals surface area contributed by atoms with E-state index < -0.39 is 29.6 Å². The Labute approximate surface area is 160 Å². The number of hydrogen-bond acceptors (Lipinski definition) is 7. The number of aliphatic hydroxyl groups excluding tert-OH is 1. The monoisotopic (exact) mass is 389 g/mol. The van der Waals surface area contributed by atoms with Crippen molar-refractivity contribution in [2.24, 2.45) is 0 Å². The second kappa shape index (κ2) is 10.6. The second-order valence-electron chi connectivity index (χ2n) is 5.62. The van der Waals surface area contributed by atoms with Crippen LogP contribution < -0.4 is 10.8 Å². The topological polar surface area (TPSA) is 140 Å². The van der Waals surface area contributed by atoms with Crippen molar-refractivity contribution in [3.63, 3.8) is 0 Å². The lowest BCUT2D eigenvalue weighted by atomic mass is 10.2. The molecule has 0 aliphatic carbocycles. The van der Waals surface area contributed by atoms with Crippen LogP contribution >= 0.6 is 0 Å². The summed E-state index contributed by atoms with van der Waals surface area (Å²) in [5.74, 6) is -0.777. The first kappa shape index (κ1) is 20.8. The normalized spacial score (nSPS) is 11.3. The molecule has 2 aromatic carbocycles. The number of carbonyl (C=O) groups is 2. The average Bonchev–Trinajstić information content (AvgIpc) is 2.71. The highest BCUT2D eigenvalue weighted by atomic mass is 16.7. The smallest absolute Gasteiger partial charge is 0.408 e. The van der Waals surface area contributed by atoms with Crippen molar-refractivity contribution in [3.8, 4) is 0 Å². The Morgan fingerprint density at radius 1 is 1.04 bits per heavy atom. The summed E-state index contributed by atoms with van der Waals surface area (Å²) in [7, 11) is 0. The predicted molar refractivity (Wildman–Crippen MR) is 96.7 cm³/mol. The van der Waals surface area contributed by atoms with Crippen molar-refractivity contribution in [1.82, 2.24) is 10.8 Å². The van der Waals surface area contributed by atoms with E-state index in [1.54, 1.807) is 24.3 Å². The van der Waals surface area contributed by atoms with Gasteiger partial charge >= 0.3 is 6.09 Å². The maximum atomic E-state index is 12.0. The van der Waals surface area contributed by atoms with E-state index in [0.717, 1.165) is 5.56 Å². The van der Waals surface area contributed by atoms with E-state index in [1.807, 2.05) is 6.07 Å². The summed E-state index contributed by atoms with van der Waals surface area (Å²) < 4.78 is 4.98. The minimum Gasteiger partial charge on any atom is -0.445 e. The van der Waals surface area contributed by atoms with Gasteiger partial charge in [-0.15, -0.1) is 0 Å². The summed E-state index contributed by atoms with van der Waals surface area (Å²) in [6, 6.07) is 13.3. The lowest BCUT2D eigenvalue weighted by molar-refractivity contribution is -0.384. The zero-order valence-electron chi connectivity index (χ0n) is 14.7. The van der Waals surface area contributed by atoms with Gasteiger partial charge in [0.1, 0.15) is 12.6 Å². The Kier molecular flexibility index (Phi) is 7.88. The van der Waals surface area contributed by atoms with Gasteiger partial charge in [0.2, 0.25) is 0 Å². The fraction of sp³-hybridized carbons (Fsp3) is 0.222. The van der Waals surface area contributed by atoms with Gasteiger partial charge in [-0.05, 0) is 23.3 Å². The second-order valence-corrected chi connectivity index (χ2v) is 5.62. The fourth-order valence-corrected chi connectivity index (χ4v) is 2.08. The summed E-state index contributed by atoms with van der Waals surface area (Å²) in [5, 5.41) is 22.1. The molecule has 0 aliphatic heterocycles. The summed E-state index contributed by atoms with van der Waals surface area (Å²) >= 11 is 0. The van der Waals surface area contributed by atoms with Crippen molar-refractivity contribution in [2.75, 3.05) is 6.61 Å². The van der Waals surface area contributed by atoms with Crippen LogP contribution in [0.25, 0.3) is 0 Å². The highest BCUT2D eigenvalue weighted by Crippen LogP contribution is 2.12. The van der Waals surface area contributed by atoms with E-state index in [9.17, 15) is 24.8 Å². The Balaban J connectivity index is 1.74. The number of nitrogens with one attached hydrogen (secondary N) is 2. The van der Waals surface area contributed by atoms with Crippen LogP contribution in [-0.4, -0.2) is 34.7 Å². The number of alkyl carbamates (subject to hydrolysis) is 1. The number of carbonyl (C=O) groups excluding carboxylic acids is 2. The van der Waals surface area contributed by atoms with Gasteiger partial charge in [-0.2, -0.15) is 0 Å². The molecule has 0 spiro atoms. The van der Waals surface area contributed by atoms with Crippen molar-refractivity contribution in [1.29, 1.82) is 0 Å². The standard InChI is InChI=1S/C18H19N3O7/c22-10-16(19-18(24)27-11-13-4-2-1-3-5-13)17(23)20-28-12-14-6-8-15(9-7-14)21(25)26/h1-9,16,22H,10-12H2,(H,19,24)(H,20,23)/t16-/m0/s1. The minimum absolute atomic E-state index is 0.0169. The predicted octanol–water partition coefficient (Wildman–Crippen LogP) is 1.43. The third kappa shape index (κ3) is 6.67. The Hall–Kier alpha value is -3.50. The van der Waals surface area contributed by atoms with Crippen molar-refractivity contribution >= 4 is 17.7 Å². The molecule has 10 nitrogen and oxygen atoms in total. The number of nitro benzene ring substituents is 1. The van der Waals surface area contributed by atoms with Crippen LogP contribution in [0.5, 0.6) is 0 Å². The minimum atomic E-state index is -1.26. The molecule has 0 aromatic heterocycles. The quantitative estimate of drug-likeness (QED) is 0.435. The molecule has 0 fully saturated rings. The van der Waals surface area contributed by atoms with Crippen molar-refractivity contribution in [2.45, 2.75) is 19.3 Å². The van der Waals surface area contributed by atoms with Crippen LogP contribution in [0.3, 0.4) is 0 Å². The van der Waals surface area contributed by atoms with E-state index in [2.05, 4.69) is 10.8 Å². The number of ether oxygens (including phenoxy) is 1. The largest absolute Gasteiger partial charge is 0.445 e. The number of hydrogen-bond donors (Lipinski definition) is 3. The van der Waals surface area contributed by atoms with Crippen molar-refractivity contribution in [3.05, 3.63) is 75.8 Å². The first-order valence-corrected chi connectivity index (χ1v) is 8.22. The van der Waals surface area contributed by atoms with Gasteiger partial charge in [-0.3, -0.25) is 19.7 Å². The molecule has 148 valence electrons. The van der Waals surface area contributed by atoms with E-state index in [0.29, 0.717) is 5.56 Å². The number of rotatable bonds is 9. The highest BCUT2D eigenvalue weighted by Gasteiger charge is 2.21. The fourth-order valence-electron chi connectivity index (χ4n) is 2.08. The van der Waals surface area contributed by atoms with Gasteiger partial charge in [0.15, 0.2) is 0 Å². The SMILES string of the molecule is O=C(N[C@@H](CO)C(=O)NOCc1ccc([N+](=O)[O-])cc1)OCc1ccccc1.